The Labute approximate surface area is 80.4 Å². The van der Waals surface area contributed by atoms with Crippen LogP contribution in [0.4, 0.5) is 0 Å². The maximum Gasteiger partial charge on any atom is 0.228 e. The fraction of sp³-hybridized carbons (Fsp3) is 0.222. The molecule has 2 nitrogen and oxygen atoms in total. The van der Waals surface area contributed by atoms with Gasteiger partial charge < -0.3 is 4.74 Å². The molecule has 0 saturated heterocycles. The van der Waals surface area contributed by atoms with Crippen LogP contribution in [0.5, 0.6) is 5.88 Å². The minimum Gasteiger partial charge on any atom is -0.473 e. The molecule has 0 bridgehead atoms. The first-order valence-corrected chi connectivity index (χ1v) is 4.40. The second-order valence-electron chi connectivity index (χ2n) is 2.35. The van der Waals surface area contributed by atoms with E-state index in [1.165, 1.54) is 0 Å². The molecule has 0 spiro atoms. The van der Waals surface area contributed by atoms with Crippen molar-refractivity contribution in [3.63, 3.8) is 0 Å². The van der Waals surface area contributed by atoms with E-state index in [4.69, 9.17) is 4.74 Å². The van der Waals surface area contributed by atoms with Gasteiger partial charge in [-0.05, 0) is 34.5 Å². The molecule has 0 N–H and O–H groups in total. The van der Waals surface area contributed by atoms with E-state index >= 15 is 0 Å². The molecule has 0 saturated carbocycles. The lowest BCUT2D eigenvalue weighted by atomic mass is 10.3. The van der Waals surface area contributed by atoms with Crippen LogP contribution in [0.25, 0.3) is 0 Å². The van der Waals surface area contributed by atoms with Gasteiger partial charge in [-0.25, -0.2) is 4.98 Å². The third kappa shape index (κ3) is 2.08. The fourth-order valence-electron chi connectivity index (χ4n) is 0.754. The predicted octanol–water partition coefficient (Wildman–Crippen LogP) is 2.72. The predicted molar refractivity (Wildman–Crippen MR) is 52.4 cm³/mol. The van der Waals surface area contributed by atoms with E-state index in [9.17, 15) is 0 Å². The number of aromatic nitrogens is 1. The minimum absolute atomic E-state index is 0.481. The summed E-state index contributed by atoms with van der Waals surface area (Å²) in [6.07, 6.45) is 3.41. The number of rotatable bonds is 3. The smallest absolute Gasteiger partial charge is 0.228 e. The number of halogens is 1. The van der Waals surface area contributed by atoms with E-state index in [1.54, 1.807) is 12.3 Å². The van der Waals surface area contributed by atoms with Crippen LogP contribution in [0.1, 0.15) is 5.56 Å². The van der Waals surface area contributed by atoms with E-state index in [0.717, 1.165) is 10.0 Å². The summed E-state index contributed by atoms with van der Waals surface area (Å²) in [6, 6.07) is 1.92. The van der Waals surface area contributed by atoms with Crippen molar-refractivity contribution in [1.29, 1.82) is 0 Å². The fourth-order valence-corrected chi connectivity index (χ4v) is 1.10. The Balaban J connectivity index is 2.84. The molecular weight excluding hydrogens is 218 g/mol. The Hall–Kier alpha value is -0.830. The van der Waals surface area contributed by atoms with Crippen LogP contribution < -0.4 is 4.74 Å². The largest absolute Gasteiger partial charge is 0.473 e. The second-order valence-corrected chi connectivity index (χ2v) is 3.14. The maximum absolute atomic E-state index is 5.29. The number of ether oxygens (including phenoxy) is 1. The van der Waals surface area contributed by atoms with Crippen molar-refractivity contribution in [3.05, 3.63) is 35.0 Å². The molecule has 0 fully saturated rings. The van der Waals surface area contributed by atoms with E-state index in [1.807, 2.05) is 13.0 Å². The molecule has 1 aromatic rings. The number of hydrogen-bond acceptors (Lipinski definition) is 2. The molecule has 0 unspecified atom stereocenters. The molecule has 0 atom stereocenters. The summed E-state index contributed by atoms with van der Waals surface area (Å²) in [5, 5.41) is 0. The highest BCUT2D eigenvalue weighted by Gasteiger charge is 2.02. The van der Waals surface area contributed by atoms with Crippen molar-refractivity contribution in [2.45, 2.75) is 6.92 Å². The molecule has 1 rings (SSSR count). The van der Waals surface area contributed by atoms with Crippen LogP contribution in [-0.4, -0.2) is 11.6 Å². The highest BCUT2D eigenvalue weighted by Crippen LogP contribution is 2.24. The van der Waals surface area contributed by atoms with Crippen LogP contribution in [0.15, 0.2) is 29.4 Å². The third-order valence-corrected chi connectivity index (χ3v) is 2.35. The van der Waals surface area contributed by atoms with Crippen molar-refractivity contribution in [1.82, 2.24) is 4.98 Å². The van der Waals surface area contributed by atoms with Crippen LogP contribution in [-0.2, 0) is 0 Å². The first-order valence-electron chi connectivity index (χ1n) is 3.60. The van der Waals surface area contributed by atoms with E-state index < -0.39 is 0 Å². The lowest BCUT2D eigenvalue weighted by Gasteiger charge is -2.05. The van der Waals surface area contributed by atoms with Gasteiger partial charge in [-0.1, -0.05) is 12.7 Å². The standard InChI is InChI=1S/C9H10BrNO/c1-3-6-12-9-8(10)7(2)4-5-11-9/h3-5H,1,6H2,2H3. The van der Waals surface area contributed by atoms with Gasteiger partial charge in [0.1, 0.15) is 6.61 Å². The Morgan fingerprint density at radius 2 is 2.50 bits per heavy atom. The van der Waals surface area contributed by atoms with Gasteiger partial charge in [0.15, 0.2) is 0 Å². The molecule has 0 aliphatic carbocycles. The van der Waals surface area contributed by atoms with Gasteiger partial charge in [-0.3, -0.25) is 0 Å². The molecule has 64 valence electrons. The minimum atomic E-state index is 0.481. The van der Waals surface area contributed by atoms with E-state index in [2.05, 4.69) is 27.5 Å². The molecule has 0 radical (unpaired) electrons. The van der Waals surface area contributed by atoms with Crippen molar-refractivity contribution < 1.29 is 4.74 Å². The molecule has 0 amide bonds. The van der Waals surface area contributed by atoms with Gasteiger partial charge in [0, 0.05) is 6.20 Å². The number of nitrogens with zero attached hydrogens (tertiary/aromatic N) is 1. The zero-order valence-electron chi connectivity index (χ0n) is 6.88. The van der Waals surface area contributed by atoms with Crippen molar-refractivity contribution >= 4 is 15.9 Å². The van der Waals surface area contributed by atoms with Crippen LogP contribution in [0.2, 0.25) is 0 Å². The summed E-state index contributed by atoms with van der Waals surface area (Å²) in [6.45, 7) is 6.03. The van der Waals surface area contributed by atoms with Crippen LogP contribution in [0, 0.1) is 6.92 Å². The van der Waals surface area contributed by atoms with Gasteiger partial charge in [-0.15, -0.1) is 0 Å². The topological polar surface area (TPSA) is 22.1 Å². The summed E-state index contributed by atoms with van der Waals surface area (Å²) in [5.41, 5.74) is 1.11. The average Bonchev–Trinajstić information content (AvgIpc) is 2.08. The Morgan fingerprint density at radius 3 is 3.17 bits per heavy atom. The lowest BCUT2D eigenvalue weighted by molar-refractivity contribution is 0.346. The average molecular weight is 228 g/mol. The first kappa shape index (κ1) is 9.26. The van der Waals surface area contributed by atoms with Crippen molar-refractivity contribution in [2.24, 2.45) is 0 Å². The normalized spacial score (nSPS) is 9.50. The molecule has 0 aliphatic rings. The summed E-state index contributed by atoms with van der Waals surface area (Å²) < 4.78 is 6.20. The summed E-state index contributed by atoms with van der Waals surface area (Å²) in [4.78, 5) is 4.06. The zero-order valence-corrected chi connectivity index (χ0v) is 8.47. The number of hydrogen-bond donors (Lipinski definition) is 0. The van der Waals surface area contributed by atoms with Gasteiger partial charge >= 0.3 is 0 Å². The highest BCUT2D eigenvalue weighted by molar-refractivity contribution is 9.10. The maximum atomic E-state index is 5.29. The summed E-state index contributed by atoms with van der Waals surface area (Å²) >= 11 is 3.39. The van der Waals surface area contributed by atoms with Gasteiger partial charge in [-0.2, -0.15) is 0 Å². The van der Waals surface area contributed by atoms with Gasteiger partial charge in [0.25, 0.3) is 0 Å². The van der Waals surface area contributed by atoms with Crippen molar-refractivity contribution in [3.8, 4) is 5.88 Å². The molecule has 1 heterocycles. The molecule has 0 aromatic carbocycles. The first-order chi connectivity index (χ1) is 5.75. The lowest BCUT2D eigenvalue weighted by Crippen LogP contribution is -1.96. The highest BCUT2D eigenvalue weighted by atomic mass is 79.9. The van der Waals surface area contributed by atoms with Crippen LogP contribution in [0.3, 0.4) is 0 Å². The van der Waals surface area contributed by atoms with Crippen molar-refractivity contribution in [2.75, 3.05) is 6.61 Å². The second kappa shape index (κ2) is 4.26. The quantitative estimate of drug-likeness (QED) is 0.742. The van der Waals surface area contributed by atoms with E-state index in [0.29, 0.717) is 12.5 Å². The number of pyridine rings is 1. The molecule has 0 aliphatic heterocycles. The Bertz CT molecular complexity index is 286. The SMILES string of the molecule is C=CCOc1nccc(C)c1Br. The monoisotopic (exact) mass is 227 g/mol. The Morgan fingerprint density at radius 1 is 1.75 bits per heavy atom. The Kier molecular flexibility index (Phi) is 3.29. The molecule has 1 aromatic heterocycles. The number of aryl methyl sites for hydroxylation is 1. The molecule has 12 heavy (non-hydrogen) atoms. The molecular formula is C9H10BrNO. The van der Waals surface area contributed by atoms with Gasteiger partial charge in [0.2, 0.25) is 5.88 Å². The zero-order chi connectivity index (χ0) is 8.97. The van der Waals surface area contributed by atoms with Gasteiger partial charge in [0.05, 0.1) is 4.47 Å². The summed E-state index contributed by atoms with van der Waals surface area (Å²) in [7, 11) is 0. The summed E-state index contributed by atoms with van der Waals surface area (Å²) in [5.74, 6) is 0.620. The third-order valence-electron chi connectivity index (χ3n) is 1.39. The van der Waals surface area contributed by atoms with E-state index in [-0.39, 0.29) is 0 Å². The molecule has 3 heteroatoms. The van der Waals surface area contributed by atoms with Crippen LogP contribution >= 0.6 is 15.9 Å².